The number of aromatic amines is 1. The molecule has 0 radical (unpaired) electrons. The topological polar surface area (TPSA) is 89.0 Å². The predicted octanol–water partition coefficient (Wildman–Crippen LogP) is 5.34. The zero-order valence-electron chi connectivity index (χ0n) is 21.7. The number of carbonyl (C=O) groups is 1. The zero-order valence-corrected chi connectivity index (χ0v) is 21.7. The minimum Gasteiger partial charge on any atom is -0.372 e. The largest absolute Gasteiger partial charge is 0.416 e. The number of ether oxygens (including phenoxy) is 1. The highest BCUT2D eigenvalue weighted by Crippen LogP contribution is 2.41. The van der Waals surface area contributed by atoms with Gasteiger partial charge in [-0.25, -0.2) is 9.89 Å². The highest BCUT2D eigenvalue weighted by molar-refractivity contribution is 5.76. The summed E-state index contributed by atoms with van der Waals surface area (Å²) in [7, 11) is 0. The third-order valence-electron chi connectivity index (χ3n) is 7.40. The van der Waals surface area contributed by atoms with Gasteiger partial charge in [-0.1, -0.05) is 30.3 Å². The zero-order chi connectivity index (χ0) is 29.3. The SMILES string of the molecule is CC(=O)C[C@]1(n2cn[nH]c2=O)CC[C@@](COC(C)c2cc(C(F)(F)F)cc(C(F)(F)F)c2)(c2ccccc2)NC1. The van der Waals surface area contributed by atoms with Crippen molar-refractivity contribution in [2.45, 2.75) is 62.6 Å². The molecule has 0 aliphatic carbocycles. The maximum Gasteiger partial charge on any atom is 0.416 e. The maximum absolute atomic E-state index is 13.4. The molecular weight excluding hydrogens is 542 g/mol. The number of aromatic nitrogens is 3. The van der Waals surface area contributed by atoms with Crippen molar-refractivity contribution < 1.29 is 35.9 Å². The van der Waals surface area contributed by atoms with E-state index in [1.807, 2.05) is 12.1 Å². The Bertz CT molecular complexity index is 1360. The number of hydrogen-bond acceptors (Lipinski definition) is 5. The van der Waals surface area contributed by atoms with Gasteiger partial charge in [0, 0.05) is 13.0 Å². The molecule has 216 valence electrons. The molecule has 1 saturated heterocycles. The summed E-state index contributed by atoms with van der Waals surface area (Å²) >= 11 is 0. The number of rotatable bonds is 8. The number of carbonyl (C=O) groups excluding carboxylic acids is 1. The summed E-state index contributed by atoms with van der Waals surface area (Å²) in [4.78, 5) is 24.6. The number of H-pyrrole nitrogens is 1. The molecule has 3 aromatic rings. The van der Waals surface area contributed by atoms with Crippen LogP contribution in [0.3, 0.4) is 0 Å². The van der Waals surface area contributed by atoms with Gasteiger partial charge >= 0.3 is 18.0 Å². The lowest BCUT2D eigenvalue weighted by Crippen LogP contribution is -2.60. The van der Waals surface area contributed by atoms with E-state index in [1.165, 1.54) is 24.7 Å². The Kier molecular flexibility index (Phi) is 8.01. The van der Waals surface area contributed by atoms with Gasteiger partial charge in [0.05, 0.1) is 34.9 Å². The summed E-state index contributed by atoms with van der Waals surface area (Å²) in [6, 6.07) is 10.4. The summed E-state index contributed by atoms with van der Waals surface area (Å²) in [6.45, 7) is 2.86. The van der Waals surface area contributed by atoms with E-state index in [4.69, 9.17) is 4.74 Å². The normalized spacial score (nSPS) is 22.7. The summed E-state index contributed by atoms with van der Waals surface area (Å²) in [5.74, 6) is -0.142. The molecule has 3 atom stereocenters. The van der Waals surface area contributed by atoms with Crippen LogP contribution >= 0.6 is 0 Å². The minimum absolute atomic E-state index is 0.0476. The Morgan fingerprint density at radius 1 is 1.05 bits per heavy atom. The summed E-state index contributed by atoms with van der Waals surface area (Å²) in [6.07, 6.45) is -9.02. The number of nitrogens with one attached hydrogen (secondary N) is 2. The van der Waals surface area contributed by atoms with Crippen molar-refractivity contribution in [3.05, 3.63) is 87.6 Å². The number of hydrogen-bond donors (Lipinski definition) is 2. The van der Waals surface area contributed by atoms with Gasteiger partial charge in [-0.3, -0.25) is 9.36 Å². The summed E-state index contributed by atoms with van der Waals surface area (Å²) < 4.78 is 87.7. The fourth-order valence-corrected chi connectivity index (χ4v) is 5.23. The molecule has 13 heteroatoms. The smallest absolute Gasteiger partial charge is 0.372 e. The van der Waals surface area contributed by atoms with Crippen molar-refractivity contribution in [3.8, 4) is 0 Å². The molecule has 0 spiro atoms. The van der Waals surface area contributed by atoms with Crippen LogP contribution in [-0.2, 0) is 33.0 Å². The fraction of sp³-hybridized carbons (Fsp3) is 0.444. The van der Waals surface area contributed by atoms with Gasteiger partial charge in [0.1, 0.15) is 12.1 Å². The van der Waals surface area contributed by atoms with E-state index in [2.05, 4.69) is 15.5 Å². The van der Waals surface area contributed by atoms with Crippen molar-refractivity contribution in [1.82, 2.24) is 20.1 Å². The Morgan fingerprint density at radius 2 is 1.68 bits per heavy atom. The molecule has 0 amide bonds. The number of ketones is 1. The first-order valence-corrected chi connectivity index (χ1v) is 12.5. The van der Waals surface area contributed by atoms with E-state index in [9.17, 15) is 35.9 Å². The van der Waals surface area contributed by atoms with Gasteiger partial charge in [-0.2, -0.15) is 31.4 Å². The van der Waals surface area contributed by atoms with Crippen molar-refractivity contribution in [3.63, 3.8) is 0 Å². The standard InChI is InChI=1S/C27H28F6N4O3/c1-17(38)13-24(37-16-35-36-23(37)39)8-9-25(34-14-24,20-6-4-3-5-7-20)15-40-18(2)19-10-21(26(28,29)30)12-22(11-19)27(31,32)33/h3-7,10-12,16,18,34H,8-9,13-15H2,1-2H3,(H,36,39)/t18?,24-,25-/m1/s1. The van der Waals surface area contributed by atoms with Crippen LogP contribution in [0.25, 0.3) is 0 Å². The van der Waals surface area contributed by atoms with Gasteiger partial charge in [-0.15, -0.1) is 0 Å². The second-order valence-electron chi connectivity index (χ2n) is 10.2. The van der Waals surface area contributed by atoms with E-state index < -0.39 is 46.4 Å². The quantitative estimate of drug-likeness (QED) is 0.357. The average Bonchev–Trinajstić information content (AvgIpc) is 3.33. The molecule has 2 aromatic carbocycles. The number of benzene rings is 2. The number of nitrogens with zero attached hydrogens (tertiary/aromatic N) is 2. The van der Waals surface area contributed by atoms with Crippen LogP contribution in [-0.4, -0.2) is 33.7 Å². The van der Waals surface area contributed by atoms with E-state index >= 15 is 0 Å². The summed E-state index contributed by atoms with van der Waals surface area (Å²) in [5.41, 5.74) is -4.64. The fourth-order valence-electron chi connectivity index (χ4n) is 5.23. The Hall–Kier alpha value is -3.45. The molecule has 1 fully saturated rings. The Balaban J connectivity index is 1.64. The molecular formula is C27H28F6N4O3. The number of Topliss-reactive ketones (excluding diaryl/α,β-unsaturated/α-hetero) is 1. The summed E-state index contributed by atoms with van der Waals surface area (Å²) in [5, 5.41) is 9.53. The highest BCUT2D eigenvalue weighted by Gasteiger charge is 2.46. The lowest BCUT2D eigenvalue weighted by molar-refractivity contribution is -0.143. The van der Waals surface area contributed by atoms with Gasteiger partial charge in [0.2, 0.25) is 0 Å². The van der Waals surface area contributed by atoms with Crippen LogP contribution < -0.4 is 11.0 Å². The predicted molar refractivity (Wildman–Crippen MR) is 132 cm³/mol. The van der Waals surface area contributed by atoms with Gasteiger partial charge < -0.3 is 10.1 Å². The Morgan fingerprint density at radius 3 is 2.15 bits per heavy atom. The van der Waals surface area contributed by atoms with Crippen molar-refractivity contribution in [1.29, 1.82) is 0 Å². The maximum atomic E-state index is 13.4. The first kappa shape index (κ1) is 29.5. The third-order valence-corrected chi connectivity index (χ3v) is 7.40. The second kappa shape index (κ2) is 10.8. The molecule has 2 heterocycles. The molecule has 1 aliphatic heterocycles. The molecule has 2 N–H and O–H groups in total. The van der Waals surface area contributed by atoms with E-state index in [-0.39, 0.29) is 37.0 Å². The lowest BCUT2D eigenvalue weighted by Gasteiger charge is -2.47. The minimum atomic E-state index is -4.98. The van der Waals surface area contributed by atoms with E-state index in [1.54, 1.807) is 18.2 Å². The second-order valence-corrected chi connectivity index (χ2v) is 10.2. The molecule has 4 rings (SSSR count). The molecule has 0 bridgehead atoms. The van der Waals surface area contributed by atoms with Gasteiger partial charge in [0.25, 0.3) is 0 Å². The molecule has 1 unspecified atom stereocenters. The molecule has 1 aliphatic rings. The van der Waals surface area contributed by atoms with Crippen molar-refractivity contribution in [2.75, 3.05) is 13.2 Å². The molecule has 0 saturated carbocycles. The van der Waals surface area contributed by atoms with Crippen molar-refractivity contribution >= 4 is 5.78 Å². The number of piperidine rings is 1. The molecule has 7 nitrogen and oxygen atoms in total. The number of halogens is 6. The van der Waals surface area contributed by atoms with Gasteiger partial charge in [0.15, 0.2) is 0 Å². The molecule has 40 heavy (non-hydrogen) atoms. The average molecular weight is 571 g/mol. The van der Waals surface area contributed by atoms with E-state index in [0.717, 1.165) is 5.56 Å². The Labute approximate surface area is 225 Å². The number of alkyl halides is 6. The first-order valence-electron chi connectivity index (χ1n) is 12.5. The monoisotopic (exact) mass is 570 g/mol. The first-order chi connectivity index (χ1) is 18.7. The van der Waals surface area contributed by atoms with Crippen LogP contribution in [0, 0.1) is 0 Å². The van der Waals surface area contributed by atoms with Crippen LogP contribution in [0.2, 0.25) is 0 Å². The van der Waals surface area contributed by atoms with Crippen molar-refractivity contribution in [2.24, 2.45) is 0 Å². The van der Waals surface area contributed by atoms with E-state index in [0.29, 0.717) is 25.0 Å². The molecule has 1 aromatic heterocycles. The van der Waals surface area contributed by atoms with Crippen LogP contribution in [0.4, 0.5) is 26.3 Å². The van der Waals surface area contributed by atoms with Crippen LogP contribution in [0.5, 0.6) is 0 Å². The van der Waals surface area contributed by atoms with Gasteiger partial charge in [-0.05, 0) is 56.0 Å². The lowest BCUT2D eigenvalue weighted by atomic mass is 9.74. The van der Waals surface area contributed by atoms with Crippen LogP contribution in [0.1, 0.15) is 61.5 Å². The third kappa shape index (κ3) is 6.15. The highest BCUT2D eigenvalue weighted by atomic mass is 19.4. The van der Waals surface area contributed by atoms with Crippen LogP contribution in [0.15, 0.2) is 59.7 Å².